The molecule has 1 N–H and O–H groups in total. The van der Waals surface area contributed by atoms with Crippen molar-refractivity contribution in [1.29, 1.82) is 5.26 Å². The molecule has 0 aliphatic carbocycles. The van der Waals surface area contributed by atoms with Crippen LogP contribution in [0.4, 0.5) is 5.82 Å². The van der Waals surface area contributed by atoms with Crippen LogP contribution >= 0.6 is 0 Å². The molecule has 1 aliphatic rings. The Morgan fingerprint density at radius 2 is 2.06 bits per heavy atom. The van der Waals surface area contributed by atoms with Crippen molar-refractivity contribution in [2.24, 2.45) is 0 Å². The highest BCUT2D eigenvalue weighted by atomic mass is 16.5. The van der Waals surface area contributed by atoms with Crippen molar-refractivity contribution < 1.29 is 4.74 Å². The highest BCUT2D eigenvalue weighted by Gasteiger charge is 2.20. The fraction of sp³-hybridized carbons (Fsp3) is 0.320. The van der Waals surface area contributed by atoms with E-state index in [0.717, 1.165) is 53.0 Å². The van der Waals surface area contributed by atoms with E-state index in [0.29, 0.717) is 11.6 Å². The van der Waals surface area contributed by atoms with Crippen LogP contribution in [-0.4, -0.2) is 28.0 Å². The molecule has 0 spiro atoms. The van der Waals surface area contributed by atoms with Crippen LogP contribution in [0.2, 0.25) is 0 Å². The summed E-state index contributed by atoms with van der Waals surface area (Å²) in [6, 6.07) is 15.1. The van der Waals surface area contributed by atoms with E-state index in [9.17, 15) is 5.26 Å². The van der Waals surface area contributed by atoms with Gasteiger partial charge < -0.3 is 14.6 Å². The molecule has 5 rings (SSSR count). The van der Waals surface area contributed by atoms with E-state index in [1.54, 1.807) is 0 Å². The molecule has 1 aliphatic heterocycles. The van der Waals surface area contributed by atoms with Crippen LogP contribution in [0.1, 0.15) is 47.8 Å². The topological polar surface area (TPSA) is 75.8 Å². The number of hydrogen-bond donors (Lipinski definition) is 1. The van der Waals surface area contributed by atoms with Crippen LogP contribution < -0.4 is 5.32 Å². The molecule has 0 radical (unpaired) electrons. The van der Waals surface area contributed by atoms with Gasteiger partial charge in [0.2, 0.25) is 0 Å². The molecule has 4 aromatic rings. The van der Waals surface area contributed by atoms with Crippen LogP contribution in [0, 0.1) is 25.2 Å². The summed E-state index contributed by atoms with van der Waals surface area (Å²) >= 11 is 0. The third-order valence-corrected chi connectivity index (χ3v) is 6.42. The van der Waals surface area contributed by atoms with Crippen molar-refractivity contribution in [3.63, 3.8) is 0 Å². The first-order valence-electron chi connectivity index (χ1n) is 10.7. The second-order valence-corrected chi connectivity index (χ2v) is 8.33. The van der Waals surface area contributed by atoms with Gasteiger partial charge in [0.05, 0.1) is 36.0 Å². The Hall–Kier alpha value is -3.43. The van der Waals surface area contributed by atoms with E-state index in [1.165, 1.54) is 10.9 Å². The number of aryl methyl sites for hydroxylation is 1. The number of aromatic nitrogens is 3. The second kappa shape index (κ2) is 7.68. The van der Waals surface area contributed by atoms with Gasteiger partial charge in [0.1, 0.15) is 0 Å². The molecule has 3 heterocycles. The Morgan fingerprint density at radius 1 is 1.19 bits per heavy atom. The summed E-state index contributed by atoms with van der Waals surface area (Å²) in [5.41, 5.74) is 4.88. The lowest BCUT2D eigenvalue weighted by Crippen LogP contribution is -2.11. The number of nitriles is 1. The summed E-state index contributed by atoms with van der Waals surface area (Å²) in [4.78, 5) is 0. The van der Waals surface area contributed by atoms with Gasteiger partial charge in [-0.25, -0.2) is 0 Å². The minimum absolute atomic E-state index is 0.0146. The Bertz CT molecular complexity index is 1330. The highest BCUT2D eigenvalue weighted by Crippen LogP contribution is 2.33. The lowest BCUT2D eigenvalue weighted by atomic mass is 9.98. The number of benzene rings is 2. The van der Waals surface area contributed by atoms with Gasteiger partial charge in [-0.3, -0.25) is 0 Å². The minimum atomic E-state index is -0.0146. The van der Waals surface area contributed by atoms with E-state index >= 15 is 0 Å². The van der Waals surface area contributed by atoms with Crippen molar-refractivity contribution in [2.45, 2.75) is 39.3 Å². The molecular weight excluding hydrogens is 386 g/mol. The molecule has 0 saturated carbocycles. The molecule has 2 aromatic heterocycles. The predicted molar refractivity (Wildman–Crippen MR) is 122 cm³/mol. The number of nitrogens with one attached hydrogen (secondary N) is 1. The van der Waals surface area contributed by atoms with Gasteiger partial charge in [0.15, 0.2) is 5.82 Å². The van der Waals surface area contributed by atoms with Crippen molar-refractivity contribution in [3.8, 4) is 6.07 Å². The third-order valence-electron chi connectivity index (χ3n) is 6.42. The first kappa shape index (κ1) is 19.5. The summed E-state index contributed by atoms with van der Waals surface area (Å²) in [6.45, 7) is 7.65. The van der Waals surface area contributed by atoms with Gasteiger partial charge in [-0.05, 0) is 62.6 Å². The van der Waals surface area contributed by atoms with Crippen LogP contribution in [0.5, 0.6) is 0 Å². The van der Waals surface area contributed by atoms with Crippen molar-refractivity contribution in [1.82, 2.24) is 14.8 Å². The summed E-state index contributed by atoms with van der Waals surface area (Å²) in [6.07, 6.45) is 3.19. The molecule has 0 amide bonds. The maximum Gasteiger partial charge on any atom is 0.157 e. The van der Waals surface area contributed by atoms with E-state index in [1.807, 2.05) is 26.0 Å². The van der Waals surface area contributed by atoms with Gasteiger partial charge in [-0.2, -0.15) is 10.4 Å². The molecule has 0 bridgehead atoms. The van der Waals surface area contributed by atoms with Gasteiger partial charge in [0, 0.05) is 34.5 Å². The zero-order chi connectivity index (χ0) is 21.5. The van der Waals surface area contributed by atoms with Crippen LogP contribution in [0.15, 0.2) is 42.6 Å². The smallest absolute Gasteiger partial charge is 0.157 e. The lowest BCUT2D eigenvalue weighted by molar-refractivity contribution is 0.187. The standard InChI is InChI=1S/C25H25N5O/c1-15-19(13-26)5-4-6-21(15)16(2)27-25-23-12-24-18(11-22(23)17(3)28-29-25)7-9-30(24)20-8-10-31-14-20/h4-7,9,11-12,16,20H,8,10,14H2,1-3H3,(H,27,29)/t16-,20?/m1/s1. The van der Waals surface area contributed by atoms with Crippen LogP contribution in [-0.2, 0) is 4.74 Å². The first-order valence-corrected chi connectivity index (χ1v) is 10.7. The molecule has 2 atom stereocenters. The number of nitrogens with zero attached hydrogens (tertiary/aromatic N) is 4. The first-order chi connectivity index (χ1) is 15.1. The normalized spacial score (nSPS) is 17.2. The average molecular weight is 412 g/mol. The van der Waals surface area contributed by atoms with Crippen molar-refractivity contribution >= 4 is 27.5 Å². The maximum absolute atomic E-state index is 9.38. The quantitative estimate of drug-likeness (QED) is 0.499. The molecular formula is C25H25N5O. The Labute approximate surface area is 181 Å². The fourth-order valence-corrected chi connectivity index (χ4v) is 4.62. The van der Waals surface area contributed by atoms with E-state index in [2.05, 4.69) is 63.5 Å². The molecule has 2 aromatic carbocycles. The SMILES string of the molecule is Cc1c(C#N)cccc1[C@@H](C)Nc1nnc(C)c2cc3ccn(C4CCOC4)c3cc12. The molecule has 6 nitrogen and oxygen atoms in total. The van der Waals surface area contributed by atoms with Crippen LogP contribution in [0.25, 0.3) is 21.7 Å². The monoisotopic (exact) mass is 411 g/mol. The number of ether oxygens (including phenoxy) is 1. The van der Waals surface area contributed by atoms with Crippen LogP contribution in [0.3, 0.4) is 0 Å². The fourth-order valence-electron chi connectivity index (χ4n) is 4.62. The van der Waals surface area contributed by atoms with E-state index in [-0.39, 0.29) is 6.04 Å². The predicted octanol–water partition coefficient (Wildman–Crippen LogP) is 5.21. The Kier molecular flexibility index (Phi) is 4.84. The van der Waals surface area contributed by atoms with Crippen molar-refractivity contribution in [2.75, 3.05) is 18.5 Å². The summed E-state index contributed by atoms with van der Waals surface area (Å²) in [7, 11) is 0. The molecule has 1 saturated heterocycles. The lowest BCUT2D eigenvalue weighted by Gasteiger charge is -2.19. The molecule has 156 valence electrons. The van der Waals surface area contributed by atoms with Gasteiger partial charge in [0.25, 0.3) is 0 Å². The largest absolute Gasteiger partial charge is 0.379 e. The number of hydrogen-bond acceptors (Lipinski definition) is 5. The van der Waals surface area contributed by atoms with E-state index in [4.69, 9.17) is 4.74 Å². The third kappa shape index (κ3) is 3.31. The van der Waals surface area contributed by atoms with Crippen molar-refractivity contribution in [3.05, 3.63) is 65.0 Å². The number of anilines is 1. The number of rotatable bonds is 4. The molecule has 6 heteroatoms. The summed E-state index contributed by atoms with van der Waals surface area (Å²) in [5, 5.41) is 25.2. The maximum atomic E-state index is 9.38. The van der Waals surface area contributed by atoms with E-state index < -0.39 is 0 Å². The van der Waals surface area contributed by atoms with Gasteiger partial charge in [-0.15, -0.1) is 5.10 Å². The molecule has 1 unspecified atom stereocenters. The highest BCUT2D eigenvalue weighted by molar-refractivity contribution is 6.02. The zero-order valence-electron chi connectivity index (χ0n) is 18.0. The summed E-state index contributed by atoms with van der Waals surface area (Å²) in [5.74, 6) is 0.757. The minimum Gasteiger partial charge on any atom is -0.379 e. The number of fused-ring (bicyclic) bond motifs is 2. The molecule has 1 fully saturated rings. The Morgan fingerprint density at radius 3 is 2.84 bits per heavy atom. The zero-order valence-corrected chi connectivity index (χ0v) is 18.0. The van der Waals surface area contributed by atoms with Gasteiger partial charge >= 0.3 is 0 Å². The molecule has 31 heavy (non-hydrogen) atoms. The average Bonchev–Trinajstić information content (AvgIpc) is 3.44. The Balaban J connectivity index is 1.60. The van der Waals surface area contributed by atoms with Gasteiger partial charge in [-0.1, -0.05) is 12.1 Å². The summed E-state index contributed by atoms with van der Waals surface area (Å²) < 4.78 is 7.94. The second-order valence-electron chi connectivity index (χ2n) is 8.33.